The number of rotatable bonds is 4. The maximum absolute atomic E-state index is 5.72. The van der Waals surface area contributed by atoms with Gasteiger partial charge in [0.25, 0.3) is 0 Å². The van der Waals surface area contributed by atoms with Gasteiger partial charge in [-0.25, -0.2) is 0 Å². The summed E-state index contributed by atoms with van der Waals surface area (Å²) in [5.41, 5.74) is 7.98. The number of hydrogen-bond donors (Lipinski definition) is 1. The summed E-state index contributed by atoms with van der Waals surface area (Å²) in [5, 5.41) is 0. The third-order valence-electron chi connectivity index (χ3n) is 3.00. The van der Waals surface area contributed by atoms with Gasteiger partial charge in [0.2, 0.25) is 0 Å². The van der Waals surface area contributed by atoms with Crippen molar-refractivity contribution in [3.8, 4) is 0 Å². The van der Waals surface area contributed by atoms with Gasteiger partial charge < -0.3 is 10.5 Å². The molecule has 1 aromatic carbocycles. The molecule has 0 aliphatic carbocycles. The lowest BCUT2D eigenvalue weighted by Crippen LogP contribution is -2.23. The molecule has 1 rings (SSSR count). The predicted octanol–water partition coefficient (Wildman–Crippen LogP) is 2.63. The first kappa shape index (κ1) is 12.2. The van der Waals surface area contributed by atoms with Gasteiger partial charge in [0.05, 0.1) is 5.60 Å². The van der Waals surface area contributed by atoms with E-state index in [1.54, 1.807) is 7.11 Å². The van der Waals surface area contributed by atoms with E-state index in [4.69, 9.17) is 10.5 Å². The van der Waals surface area contributed by atoms with Crippen molar-refractivity contribution in [2.75, 3.05) is 13.7 Å². The van der Waals surface area contributed by atoms with Crippen LogP contribution < -0.4 is 5.73 Å². The summed E-state index contributed by atoms with van der Waals surface area (Å²) >= 11 is 0. The molecule has 0 heterocycles. The van der Waals surface area contributed by atoms with Crippen LogP contribution in [0.3, 0.4) is 0 Å². The molecule has 15 heavy (non-hydrogen) atoms. The Morgan fingerprint density at radius 3 is 2.47 bits per heavy atom. The van der Waals surface area contributed by atoms with Crippen molar-refractivity contribution in [3.05, 3.63) is 35.4 Å². The molecule has 0 amide bonds. The molecule has 0 fully saturated rings. The van der Waals surface area contributed by atoms with Crippen molar-refractivity contribution in [2.24, 2.45) is 5.73 Å². The van der Waals surface area contributed by atoms with Gasteiger partial charge in [-0.3, -0.25) is 0 Å². The number of hydrogen-bond acceptors (Lipinski definition) is 2. The van der Waals surface area contributed by atoms with Crippen LogP contribution in [0.2, 0.25) is 0 Å². The average Bonchev–Trinajstić information content (AvgIpc) is 2.28. The molecule has 0 saturated carbocycles. The first-order valence-electron chi connectivity index (χ1n) is 5.37. The van der Waals surface area contributed by atoms with Gasteiger partial charge in [0.15, 0.2) is 0 Å². The Kier molecular flexibility index (Phi) is 3.89. The highest BCUT2D eigenvalue weighted by molar-refractivity contribution is 5.34. The van der Waals surface area contributed by atoms with Crippen molar-refractivity contribution in [1.29, 1.82) is 0 Å². The largest absolute Gasteiger partial charge is 0.374 e. The third-order valence-corrected chi connectivity index (χ3v) is 3.00. The second-order valence-corrected chi connectivity index (χ2v) is 4.44. The highest BCUT2D eigenvalue weighted by Crippen LogP contribution is 2.30. The fraction of sp³-hybridized carbons (Fsp3) is 0.538. The van der Waals surface area contributed by atoms with Crippen molar-refractivity contribution >= 4 is 0 Å². The van der Waals surface area contributed by atoms with Crippen molar-refractivity contribution in [1.82, 2.24) is 0 Å². The zero-order valence-corrected chi connectivity index (χ0v) is 10.1. The Morgan fingerprint density at radius 2 is 1.93 bits per heavy atom. The topological polar surface area (TPSA) is 35.2 Å². The van der Waals surface area contributed by atoms with E-state index in [1.807, 2.05) is 6.07 Å². The maximum atomic E-state index is 5.72. The summed E-state index contributed by atoms with van der Waals surface area (Å²) in [7, 11) is 1.74. The molecule has 0 spiro atoms. The first-order chi connectivity index (χ1) is 7.03. The van der Waals surface area contributed by atoms with E-state index in [0.29, 0.717) is 12.5 Å². The second kappa shape index (κ2) is 4.77. The zero-order valence-electron chi connectivity index (χ0n) is 10.1. The van der Waals surface area contributed by atoms with Gasteiger partial charge in [-0.15, -0.1) is 0 Å². The van der Waals surface area contributed by atoms with E-state index in [0.717, 1.165) is 0 Å². The van der Waals surface area contributed by atoms with E-state index in [9.17, 15) is 0 Å². The predicted molar refractivity (Wildman–Crippen MR) is 63.9 cm³/mol. The monoisotopic (exact) mass is 207 g/mol. The molecule has 0 aromatic heterocycles. The van der Waals surface area contributed by atoms with Crippen LogP contribution >= 0.6 is 0 Å². The highest BCUT2D eigenvalue weighted by atomic mass is 16.5. The van der Waals surface area contributed by atoms with Gasteiger partial charge in [0, 0.05) is 7.11 Å². The summed E-state index contributed by atoms with van der Waals surface area (Å²) in [6.07, 6.45) is 0. The number of benzene rings is 1. The van der Waals surface area contributed by atoms with Crippen LogP contribution in [-0.2, 0) is 10.3 Å². The van der Waals surface area contributed by atoms with Gasteiger partial charge >= 0.3 is 0 Å². The SMILES string of the molecule is COC(C)(C)c1ccccc1C(C)CN. The molecule has 0 radical (unpaired) electrons. The second-order valence-electron chi connectivity index (χ2n) is 4.44. The molecule has 0 bridgehead atoms. The maximum Gasteiger partial charge on any atom is 0.0874 e. The van der Waals surface area contributed by atoms with Crippen molar-refractivity contribution < 1.29 is 4.74 Å². The van der Waals surface area contributed by atoms with Crippen LogP contribution in [0.15, 0.2) is 24.3 Å². The Morgan fingerprint density at radius 1 is 1.33 bits per heavy atom. The third kappa shape index (κ3) is 2.58. The lowest BCUT2D eigenvalue weighted by atomic mass is 9.87. The van der Waals surface area contributed by atoms with Crippen LogP contribution in [0.5, 0.6) is 0 Å². The Bertz CT molecular complexity index is 320. The molecule has 2 heteroatoms. The molecule has 84 valence electrons. The smallest absolute Gasteiger partial charge is 0.0874 e. The van der Waals surface area contributed by atoms with Crippen LogP contribution in [0.4, 0.5) is 0 Å². The zero-order chi connectivity index (χ0) is 11.5. The van der Waals surface area contributed by atoms with Gasteiger partial charge in [-0.05, 0) is 37.4 Å². The molecule has 2 N–H and O–H groups in total. The fourth-order valence-corrected chi connectivity index (χ4v) is 1.71. The molecule has 0 aliphatic rings. The lowest BCUT2D eigenvalue weighted by Gasteiger charge is -2.28. The molecule has 0 aliphatic heterocycles. The van der Waals surface area contributed by atoms with E-state index in [-0.39, 0.29) is 5.60 Å². The minimum Gasteiger partial charge on any atom is -0.374 e. The lowest BCUT2D eigenvalue weighted by molar-refractivity contribution is 0.0183. The first-order valence-corrected chi connectivity index (χ1v) is 5.37. The molecular formula is C13H21NO. The Hall–Kier alpha value is -0.860. The summed E-state index contributed by atoms with van der Waals surface area (Å²) in [4.78, 5) is 0. The van der Waals surface area contributed by atoms with Gasteiger partial charge in [0.1, 0.15) is 0 Å². The van der Waals surface area contributed by atoms with E-state index >= 15 is 0 Å². The number of ether oxygens (including phenoxy) is 1. The summed E-state index contributed by atoms with van der Waals surface area (Å²) in [6, 6.07) is 8.35. The molecule has 1 atom stereocenters. The van der Waals surface area contributed by atoms with E-state index in [1.165, 1.54) is 11.1 Å². The van der Waals surface area contributed by atoms with E-state index < -0.39 is 0 Å². The number of methoxy groups -OCH3 is 1. The number of nitrogens with two attached hydrogens (primary N) is 1. The standard InChI is InChI=1S/C13H21NO/c1-10(9-14)11-7-5-6-8-12(11)13(2,3)15-4/h5-8,10H,9,14H2,1-4H3. The Balaban J connectivity index is 3.17. The molecule has 2 nitrogen and oxygen atoms in total. The average molecular weight is 207 g/mol. The minimum absolute atomic E-state index is 0.250. The van der Waals surface area contributed by atoms with Crippen molar-refractivity contribution in [3.63, 3.8) is 0 Å². The minimum atomic E-state index is -0.250. The molecule has 0 saturated heterocycles. The fourth-order valence-electron chi connectivity index (χ4n) is 1.71. The normalized spacial score (nSPS) is 13.9. The molecular weight excluding hydrogens is 186 g/mol. The summed E-state index contributed by atoms with van der Waals surface area (Å²) in [5.74, 6) is 0.371. The molecule has 1 unspecified atom stereocenters. The molecule has 1 aromatic rings. The Labute approximate surface area is 92.4 Å². The quantitative estimate of drug-likeness (QED) is 0.823. The summed E-state index contributed by atoms with van der Waals surface area (Å²) < 4.78 is 5.52. The highest BCUT2D eigenvalue weighted by Gasteiger charge is 2.23. The summed E-state index contributed by atoms with van der Waals surface area (Å²) in [6.45, 7) is 6.96. The van der Waals surface area contributed by atoms with Gasteiger partial charge in [-0.1, -0.05) is 31.2 Å². The van der Waals surface area contributed by atoms with Crippen molar-refractivity contribution in [2.45, 2.75) is 32.3 Å². The van der Waals surface area contributed by atoms with Crippen LogP contribution in [-0.4, -0.2) is 13.7 Å². The van der Waals surface area contributed by atoms with Crippen LogP contribution in [0.1, 0.15) is 37.8 Å². The van der Waals surface area contributed by atoms with Crippen LogP contribution in [0, 0.1) is 0 Å². The van der Waals surface area contributed by atoms with E-state index in [2.05, 4.69) is 39.0 Å². The van der Waals surface area contributed by atoms with Crippen LogP contribution in [0.25, 0.3) is 0 Å². The van der Waals surface area contributed by atoms with Gasteiger partial charge in [-0.2, -0.15) is 0 Å².